The molecule has 2 aromatic carbocycles. The fourth-order valence-electron chi connectivity index (χ4n) is 2.76. The maximum absolute atomic E-state index is 13.4. The summed E-state index contributed by atoms with van der Waals surface area (Å²) in [4.78, 5) is 24.6. The molecule has 1 amide bonds. The van der Waals surface area contributed by atoms with Crippen molar-refractivity contribution in [3.05, 3.63) is 58.4 Å². The molecule has 0 aliphatic heterocycles. The van der Waals surface area contributed by atoms with Crippen molar-refractivity contribution in [2.75, 3.05) is 11.9 Å². The lowest BCUT2D eigenvalue weighted by atomic mass is 10.0. The molecular formula is C21H21ClF3NO3S. The molecule has 9 heteroatoms. The molecule has 0 aromatic heterocycles. The highest BCUT2D eigenvalue weighted by Gasteiger charge is 2.19. The van der Waals surface area contributed by atoms with Gasteiger partial charge in [0.2, 0.25) is 0 Å². The van der Waals surface area contributed by atoms with Crippen LogP contribution in [0.15, 0.2) is 35.2 Å². The second kappa shape index (κ2) is 10.8. The van der Waals surface area contributed by atoms with Gasteiger partial charge in [-0.1, -0.05) is 18.5 Å². The number of benzene rings is 2. The first-order valence-electron chi connectivity index (χ1n) is 9.13. The van der Waals surface area contributed by atoms with Crippen LogP contribution in [-0.4, -0.2) is 28.7 Å². The van der Waals surface area contributed by atoms with Crippen LogP contribution in [0.25, 0.3) is 0 Å². The lowest BCUT2D eigenvalue weighted by Gasteiger charge is -2.19. The highest BCUT2D eigenvalue weighted by molar-refractivity contribution is 8.00. The minimum atomic E-state index is -1.62. The standard InChI is InChI=1S/C21H21ClF3NO3S/c1-11(10-27)5-15(6-12(2)28)30-19-7-13(3-4-16(19)22)21(29)26-14-8-17(23)20(25)18(24)9-14/h3-4,7-9,11,15,27H,5-6,10H2,1-2H3,(H,26,29). The number of hydrogen-bond acceptors (Lipinski definition) is 4. The Labute approximate surface area is 181 Å². The quantitative estimate of drug-likeness (QED) is 0.385. The van der Waals surface area contributed by atoms with Gasteiger partial charge in [-0.2, -0.15) is 0 Å². The van der Waals surface area contributed by atoms with E-state index in [-0.39, 0.29) is 41.2 Å². The molecule has 0 radical (unpaired) electrons. The van der Waals surface area contributed by atoms with Gasteiger partial charge in [0, 0.05) is 46.6 Å². The number of hydrogen-bond donors (Lipinski definition) is 2. The van der Waals surface area contributed by atoms with Gasteiger partial charge in [-0.3, -0.25) is 9.59 Å². The van der Waals surface area contributed by atoms with Crippen molar-refractivity contribution in [3.63, 3.8) is 0 Å². The lowest BCUT2D eigenvalue weighted by molar-refractivity contribution is -0.117. The van der Waals surface area contributed by atoms with Gasteiger partial charge in [0.15, 0.2) is 17.5 Å². The Hall–Kier alpha value is -2.03. The summed E-state index contributed by atoms with van der Waals surface area (Å²) in [5, 5.41) is 11.8. The number of Topliss-reactive ketones (excluding diaryl/α,β-unsaturated/α-hetero) is 1. The number of amides is 1. The largest absolute Gasteiger partial charge is 0.396 e. The molecule has 2 unspecified atom stereocenters. The van der Waals surface area contributed by atoms with Crippen LogP contribution >= 0.6 is 23.4 Å². The molecule has 2 rings (SSSR count). The minimum Gasteiger partial charge on any atom is -0.396 e. The molecule has 2 atom stereocenters. The van der Waals surface area contributed by atoms with E-state index in [1.165, 1.54) is 36.9 Å². The van der Waals surface area contributed by atoms with Gasteiger partial charge in [0.1, 0.15) is 5.78 Å². The zero-order valence-electron chi connectivity index (χ0n) is 16.3. The number of nitrogens with one attached hydrogen (secondary N) is 1. The van der Waals surface area contributed by atoms with E-state index in [1.807, 2.05) is 6.92 Å². The summed E-state index contributed by atoms with van der Waals surface area (Å²) in [6, 6.07) is 5.82. The summed E-state index contributed by atoms with van der Waals surface area (Å²) < 4.78 is 39.8. The van der Waals surface area contributed by atoms with Gasteiger partial charge in [-0.25, -0.2) is 13.2 Å². The molecule has 0 saturated heterocycles. The Morgan fingerprint density at radius 3 is 2.37 bits per heavy atom. The first kappa shape index (κ1) is 24.2. The SMILES string of the molecule is CC(=O)CC(CC(C)CO)Sc1cc(C(=O)Nc2cc(F)c(F)c(F)c2)ccc1Cl. The van der Waals surface area contributed by atoms with Crippen LogP contribution in [0.5, 0.6) is 0 Å². The predicted octanol–water partition coefficient (Wildman–Crippen LogP) is 5.47. The maximum atomic E-state index is 13.4. The highest BCUT2D eigenvalue weighted by atomic mass is 35.5. The maximum Gasteiger partial charge on any atom is 0.255 e. The second-order valence-corrected chi connectivity index (χ2v) is 8.77. The summed E-state index contributed by atoms with van der Waals surface area (Å²) in [5.74, 6) is -5.14. The van der Waals surface area contributed by atoms with Crippen molar-refractivity contribution in [3.8, 4) is 0 Å². The van der Waals surface area contributed by atoms with Crippen molar-refractivity contribution >= 4 is 40.7 Å². The van der Waals surface area contributed by atoms with E-state index >= 15 is 0 Å². The average Bonchev–Trinajstić information content (AvgIpc) is 2.66. The van der Waals surface area contributed by atoms with Gasteiger partial charge in [-0.05, 0) is 37.5 Å². The minimum absolute atomic E-state index is 0.0111. The van der Waals surface area contributed by atoms with Crippen molar-refractivity contribution in [2.45, 2.75) is 36.8 Å². The number of aliphatic hydroxyl groups is 1. The Balaban J connectivity index is 2.22. The number of carbonyl (C=O) groups excluding carboxylic acids is 2. The van der Waals surface area contributed by atoms with Crippen LogP contribution in [0.2, 0.25) is 5.02 Å². The van der Waals surface area contributed by atoms with Gasteiger partial charge >= 0.3 is 0 Å². The summed E-state index contributed by atoms with van der Waals surface area (Å²) in [6.07, 6.45) is 0.845. The third kappa shape index (κ3) is 6.75. The van der Waals surface area contributed by atoms with E-state index in [0.29, 0.717) is 28.5 Å². The zero-order valence-corrected chi connectivity index (χ0v) is 17.9. The number of carbonyl (C=O) groups is 2. The smallest absolute Gasteiger partial charge is 0.255 e. The normalized spacial score (nSPS) is 13.0. The fraction of sp³-hybridized carbons (Fsp3) is 0.333. The molecule has 0 spiro atoms. The van der Waals surface area contributed by atoms with Crippen LogP contribution < -0.4 is 5.32 Å². The molecule has 30 heavy (non-hydrogen) atoms. The topological polar surface area (TPSA) is 66.4 Å². The zero-order chi connectivity index (χ0) is 22.4. The van der Waals surface area contributed by atoms with Crippen LogP contribution in [-0.2, 0) is 4.79 Å². The average molecular weight is 460 g/mol. The van der Waals surface area contributed by atoms with Gasteiger partial charge in [-0.15, -0.1) is 11.8 Å². The number of thioether (sulfide) groups is 1. The van der Waals surface area contributed by atoms with Gasteiger partial charge in [0.05, 0.1) is 5.02 Å². The van der Waals surface area contributed by atoms with E-state index in [0.717, 1.165) is 0 Å². The number of aliphatic hydroxyl groups excluding tert-OH is 1. The summed E-state index contributed by atoms with van der Waals surface area (Å²) in [6.45, 7) is 3.32. The Bertz CT molecular complexity index is 919. The van der Waals surface area contributed by atoms with Crippen molar-refractivity contribution in [1.29, 1.82) is 0 Å². The van der Waals surface area contributed by atoms with Crippen molar-refractivity contribution in [1.82, 2.24) is 0 Å². The van der Waals surface area contributed by atoms with Crippen LogP contribution in [0.1, 0.15) is 37.0 Å². The number of rotatable bonds is 9. The Kier molecular flexibility index (Phi) is 8.76. The number of ketones is 1. The number of halogens is 4. The van der Waals surface area contributed by atoms with E-state index < -0.39 is 23.4 Å². The number of anilines is 1. The molecule has 2 N–H and O–H groups in total. The van der Waals surface area contributed by atoms with Crippen LogP contribution in [0, 0.1) is 23.4 Å². The van der Waals surface area contributed by atoms with Crippen LogP contribution in [0.4, 0.5) is 18.9 Å². The van der Waals surface area contributed by atoms with E-state index in [2.05, 4.69) is 5.32 Å². The Morgan fingerprint density at radius 2 is 1.80 bits per heavy atom. The predicted molar refractivity (Wildman–Crippen MR) is 112 cm³/mol. The first-order chi connectivity index (χ1) is 14.1. The first-order valence-corrected chi connectivity index (χ1v) is 10.4. The molecule has 0 bridgehead atoms. The van der Waals surface area contributed by atoms with Gasteiger partial charge in [0.25, 0.3) is 5.91 Å². The van der Waals surface area contributed by atoms with Crippen molar-refractivity contribution < 1.29 is 27.9 Å². The molecule has 0 heterocycles. The summed E-state index contributed by atoms with van der Waals surface area (Å²) >= 11 is 7.56. The molecule has 0 fully saturated rings. The fourth-order valence-corrected chi connectivity index (χ4v) is 4.49. The molecule has 162 valence electrons. The molecule has 4 nitrogen and oxygen atoms in total. The molecule has 0 aliphatic rings. The highest BCUT2D eigenvalue weighted by Crippen LogP contribution is 2.35. The summed E-state index contributed by atoms with van der Waals surface area (Å²) in [7, 11) is 0. The Morgan fingerprint density at radius 1 is 1.17 bits per heavy atom. The van der Waals surface area contributed by atoms with E-state index in [1.54, 1.807) is 0 Å². The van der Waals surface area contributed by atoms with Crippen LogP contribution in [0.3, 0.4) is 0 Å². The molecule has 2 aromatic rings. The second-order valence-electron chi connectivity index (χ2n) is 7.02. The molecule has 0 saturated carbocycles. The van der Waals surface area contributed by atoms with E-state index in [9.17, 15) is 27.9 Å². The van der Waals surface area contributed by atoms with E-state index in [4.69, 9.17) is 11.6 Å². The van der Waals surface area contributed by atoms with Gasteiger partial charge < -0.3 is 10.4 Å². The summed E-state index contributed by atoms with van der Waals surface area (Å²) in [5.41, 5.74) is -0.0596. The molecular weight excluding hydrogens is 439 g/mol. The van der Waals surface area contributed by atoms with Crippen molar-refractivity contribution in [2.24, 2.45) is 5.92 Å². The third-order valence-electron chi connectivity index (χ3n) is 4.22. The lowest BCUT2D eigenvalue weighted by Crippen LogP contribution is -2.15. The molecule has 0 aliphatic carbocycles. The monoisotopic (exact) mass is 459 g/mol. The third-order valence-corrected chi connectivity index (χ3v) is 5.95.